The second kappa shape index (κ2) is 6.44. The van der Waals surface area contributed by atoms with E-state index in [-0.39, 0.29) is 16.3 Å². The molecule has 22 heavy (non-hydrogen) atoms. The van der Waals surface area contributed by atoms with Crippen molar-refractivity contribution in [3.8, 4) is 0 Å². The Bertz CT molecular complexity index is 750. The highest BCUT2D eigenvalue weighted by molar-refractivity contribution is 6.30. The van der Waals surface area contributed by atoms with Crippen LogP contribution in [0.3, 0.4) is 0 Å². The Hall–Kier alpha value is -2.60. The minimum atomic E-state index is -1.10. The molecule has 0 aliphatic rings. The smallest absolute Gasteiger partial charge is 0.335 e. The van der Waals surface area contributed by atoms with E-state index in [9.17, 15) is 14.0 Å². The second-order valence-corrected chi connectivity index (χ2v) is 4.97. The number of halogens is 2. The lowest BCUT2D eigenvalue weighted by Gasteiger charge is -2.11. The van der Waals surface area contributed by atoms with E-state index in [1.165, 1.54) is 24.3 Å². The molecule has 3 N–H and O–H groups in total. The SMILES string of the molecule is Cc1ccc(C(=O)O)cc1NC(=O)Nc1ccc(Cl)cc1F. The maximum absolute atomic E-state index is 13.6. The van der Waals surface area contributed by atoms with Gasteiger partial charge >= 0.3 is 12.0 Å². The lowest BCUT2D eigenvalue weighted by atomic mass is 10.1. The van der Waals surface area contributed by atoms with Crippen LogP contribution < -0.4 is 10.6 Å². The number of amides is 2. The van der Waals surface area contributed by atoms with Crippen molar-refractivity contribution < 1.29 is 19.1 Å². The lowest BCUT2D eigenvalue weighted by Crippen LogP contribution is -2.21. The van der Waals surface area contributed by atoms with Crippen LogP contribution in [0.4, 0.5) is 20.6 Å². The van der Waals surface area contributed by atoms with E-state index < -0.39 is 17.8 Å². The zero-order valence-corrected chi connectivity index (χ0v) is 12.2. The Labute approximate surface area is 130 Å². The number of hydrogen-bond donors (Lipinski definition) is 3. The molecule has 0 saturated heterocycles. The first-order chi connectivity index (χ1) is 10.4. The van der Waals surface area contributed by atoms with Crippen molar-refractivity contribution in [1.29, 1.82) is 0 Å². The summed E-state index contributed by atoms with van der Waals surface area (Å²) in [6.07, 6.45) is 0. The van der Waals surface area contributed by atoms with Crippen LogP contribution in [-0.2, 0) is 0 Å². The van der Waals surface area contributed by atoms with Crippen molar-refractivity contribution in [3.05, 3.63) is 58.4 Å². The number of urea groups is 1. The predicted octanol–water partition coefficient (Wildman–Crippen LogP) is 4.13. The van der Waals surface area contributed by atoms with Crippen molar-refractivity contribution in [2.45, 2.75) is 6.92 Å². The van der Waals surface area contributed by atoms with Crippen LogP contribution in [0.25, 0.3) is 0 Å². The summed E-state index contributed by atoms with van der Waals surface area (Å²) in [5, 5.41) is 14.0. The summed E-state index contributed by atoms with van der Waals surface area (Å²) in [7, 11) is 0. The summed E-state index contributed by atoms with van der Waals surface area (Å²) in [5.74, 6) is -1.77. The first-order valence-electron chi connectivity index (χ1n) is 6.24. The van der Waals surface area contributed by atoms with E-state index in [0.29, 0.717) is 11.3 Å². The van der Waals surface area contributed by atoms with Gasteiger partial charge in [0.25, 0.3) is 0 Å². The number of nitrogens with one attached hydrogen (secondary N) is 2. The molecule has 0 atom stereocenters. The van der Waals surface area contributed by atoms with Gasteiger partial charge in [-0.05, 0) is 42.8 Å². The standard InChI is InChI=1S/C15H12ClFN2O3/c1-8-2-3-9(14(20)21)6-13(8)19-15(22)18-12-5-4-10(16)7-11(12)17/h2-7H,1H3,(H,20,21)(H2,18,19,22). The Morgan fingerprint density at radius 2 is 1.77 bits per heavy atom. The van der Waals surface area contributed by atoms with Gasteiger partial charge in [-0.2, -0.15) is 0 Å². The number of carboxylic acids is 1. The molecule has 0 unspecified atom stereocenters. The summed E-state index contributed by atoms with van der Waals surface area (Å²) >= 11 is 5.63. The quantitative estimate of drug-likeness (QED) is 0.795. The molecule has 0 aliphatic carbocycles. The van der Waals surface area contributed by atoms with Gasteiger partial charge in [0.15, 0.2) is 0 Å². The molecule has 2 aromatic carbocycles. The Balaban J connectivity index is 2.15. The van der Waals surface area contributed by atoms with Crippen LogP contribution in [0, 0.1) is 12.7 Å². The molecule has 2 rings (SSSR count). The number of benzene rings is 2. The van der Waals surface area contributed by atoms with Crippen LogP contribution in [0.5, 0.6) is 0 Å². The molecule has 0 aliphatic heterocycles. The molecule has 0 radical (unpaired) electrons. The predicted molar refractivity (Wildman–Crippen MR) is 82.2 cm³/mol. The third-order valence-electron chi connectivity index (χ3n) is 2.91. The molecular formula is C15H12ClFN2O3. The van der Waals surface area contributed by atoms with E-state index >= 15 is 0 Å². The number of carbonyl (C=O) groups is 2. The highest BCUT2D eigenvalue weighted by atomic mass is 35.5. The number of aromatic carboxylic acids is 1. The third kappa shape index (κ3) is 3.73. The molecule has 114 valence electrons. The molecule has 5 nitrogen and oxygen atoms in total. The van der Waals surface area contributed by atoms with Gasteiger partial charge < -0.3 is 15.7 Å². The molecule has 0 fully saturated rings. The molecule has 0 aromatic heterocycles. The Morgan fingerprint density at radius 3 is 2.41 bits per heavy atom. The highest BCUT2D eigenvalue weighted by Crippen LogP contribution is 2.20. The molecular weight excluding hydrogens is 311 g/mol. The number of carbonyl (C=O) groups excluding carboxylic acids is 1. The normalized spacial score (nSPS) is 10.1. The maximum atomic E-state index is 13.6. The minimum absolute atomic E-state index is 0.0334. The van der Waals surface area contributed by atoms with E-state index in [1.807, 2.05) is 0 Å². The van der Waals surface area contributed by atoms with E-state index in [2.05, 4.69) is 10.6 Å². The van der Waals surface area contributed by atoms with Crippen molar-refractivity contribution >= 4 is 35.0 Å². The van der Waals surface area contributed by atoms with Gasteiger partial charge in [0.2, 0.25) is 0 Å². The summed E-state index contributed by atoms with van der Waals surface area (Å²) in [5.41, 5.74) is 1.01. The fourth-order valence-electron chi connectivity index (χ4n) is 1.76. The van der Waals surface area contributed by atoms with Gasteiger partial charge in [-0.3, -0.25) is 0 Å². The average molecular weight is 323 g/mol. The molecule has 2 aromatic rings. The van der Waals surface area contributed by atoms with Crippen LogP contribution in [0.15, 0.2) is 36.4 Å². The Morgan fingerprint density at radius 1 is 1.09 bits per heavy atom. The van der Waals surface area contributed by atoms with Gasteiger partial charge in [-0.15, -0.1) is 0 Å². The lowest BCUT2D eigenvalue weighted by molar-refractivity contribution is 0.0697. The molecule has 0 spiro atoms. The van der Waals surface area contributed by atoms with Gasteiger partial charge in [-0.1, -0.05) is 17.7 Å². The average Bonchev–Trinajstić information content (AvgIpc) is 2.44. The number of anilines is 2. The second-order valence-electron chi connectivity index (χ2n) is 4.54. The summed E-state index contributed by atoms with van der Waals surface area (Å²) < 4.78 is 13.6. The maximum Gasteiger partial charge on any atom is 0.335 e. The third-order valence-corrected chi connectivity index (χ3v) is 3.15. The van der Waals surface area contributed by atoms with E-state index in [0.717, 1.165) is 6.07 Å². The molecule has 2 amide bonds. The fourth-order valence-corrected chi connectivity index (χ4v) is 1.92. The van der Waals surface area contributed by atoms with Gasteiger partial charge in [0.1, 0.15) is 5.82 Å². The monoisotopic (exact) mass is 322 g/mol. The minimum Gasteiger partial charge on any atom is -0.478 e. The summed E-state index contributed by atoms with van der Waals surface area (Å²) in [6, 6.07) is 7.49. The fraction of sp³-hybridized carbons (Fsp3) is 0.0667. The first-order valence-corrected chi connectivity index (χ1v) is 6.61. The van der Waals surface area contributed by atoms with Gasteiger partial charge in [0, 0.05) is 10.7 Å². The Kier molecular flexibility index (Phi) is 4.62. The zero-order chi connectivity index (χ0) is 16.3. The first kappa shape index (κ1) is 15.8. The molecule has 7 heteroatoms. The van der Waals surface area contributed by atoms with Crippen LogP contribution in [0.2, 0.25) is 5.02 Å². The van der Waals surface area contributed by atoms with Crippen LogP contribution >= 0.6 is 11.6 Å². The topological polar surface area (TPSA) is 78.4 Å². The number of carboxylic acid groups (broad SMARTS) is 1. The summed E-state index contributed by atoms with van der Waals surface area (Å²) in [4.78, 5) is 22.8. The largest absolute Gasteiger partial charge is 0.478 e. The van der Waals surface area contributed by atoms with Crippen molar-refractivity contribution in [2.24, 2.45) is 0 Å². The number of hydrogen-bond acceptors (Lipinski definition) is 2. The zero-order valence-electron chi connectivity index (χ0n) is 11.5. The number of aryl methyl sites for hydroxylation is 1. The number of rotatable bonds is 3. The van der Waals surface area contributed by atoms with Crippen molar-refractivity contribution in [2.75, 3.05) is 10.6 Å². The van der Waals surface area contributed by atoms with E-state index in [1.54, 1.807) is 13.0 Å². The highest BCUT2D eigenvalue weighted by Gasteiger charge is 2.11. The van der Waals surface area contributed by atoms with Crippen molar-refractivity contribution in [3.63, 3.8) is 0 Å². The molecule has 0 heterocycles. The van der Waals surface area contributed by atoms with Gasteiger partial charge in [-0.25, -0.2) is 14.0 Å². The van der Waals surface area contributed by atoms with Crippen LogP contribution in [0.1, 0.15) is 15.9 Å². The van der Waals surface area contributed by atoms with Crippen LogP contribution in [-0.4, -0.2) is 17.1 Å². The molecule has 0 saturated carbocycles. The van der Waals surface area contributed by atoms with E-state index in [4.69, 9.17) is 16.7 Å². The van der Waals surface area contributed by atoms with Gasteiger partial charge in [0.05, 0.1) is 11.3 Å². The molecule has 0 bridgehead atoms. The van der Waals surface area contributed by atoms with Crippen molar-refractivity contribution in [1.82, 2.24) is 0 Å². The summed E-state index contributed by atoms with van der Waals surface area (Å²) in [6.45, 7) is 1.71.